The van der Waals surface area contributed by atoms with E-state index in [1.165, 1.54) is 36.3 Å². The molecule has 0 aromatic heterocycles. The van der Waals surface area contributed by atoms with Gasteiger partial charge in [0.25, 0.3) is 0 Å². The molecule has 0 bridgehead atoms. The molecule has 0 atom stereocenters. The molecule has 1 aliphatic heterocycles. The molecule has 0 saturated heterocycles. The molecule has 0 saturated carbocycles. The summed E-state index contributed by atoms with van der Waals surface area (Å²) in [6.45, 7) is 8.11. The maximum Gasteiger partial charge on any atom is 0.409 e. The van der Waals surface area contributed by atoms with Crippen LogP contribution < -0.4 is 9.47 Å². The van der Waals surface area contributed by atoms with E-state index >= 15 is 0 Å². The number of cyclic esters (lactones) is 1. The second-order valence-electron chi connectivity index (χ2n) is 8.49. The molecule has 1 aliphatic rings. The Kier molecular flexibility index (Phi) is 6.91. The second kappa shape index (κ2) is 9.46. The molecule has 2 aromatic carbocycles. The van der Waals surface area contributed by atoms with Crippen molar-refractivity contribution >= 4 is 12.1 Å². The molecule has 3 rings (SSSR count). The number of carbonyl (C=O) groups is 2. The number of halogens is 1. The minimum absolute atomic E-state index is 0.0122. The Morgan fingerprint density at radius 1 is 1.16 bits per heavy atom. The highest BCUT2D eigenvalue weighted by molar-refractivity contribution is 5.93. The van der Waals surface area contributed by atoms with E-state index in [-0.39, 0.29) is 17.9 Å². The topological polar surface area (TPSA) is 74.3 Å². The van der Waals surface area contributed by atoms with Crippen LogP contribution in [0.4, 0.5) is 9.18 Å². The number of amides is 1. The Morgan fingerprint density at radius 2 is 1.91 bits per heavy atom. The van der Waals surface area contributed by atoms with Gasteiger partial charge in [-0.3, -0.25) is 0 Å². The zero-order valence-electron chi connectivity index (χ0n) is 18.9. The fraction of sp³-hybridized carbons (Fsp3) is 0.417. The van der Waals surface area contributed by atoms with E-state index in [1.54, 1.807) is 26.0 Å². The van der Waals surface area contributed by atoms with Gasteiger partial charge in [0, 0.05) is 33.0 Å². The number of hydrogen-bond donors (Lipinski definition) is 0. The van der Waals surface area contributed by atoms with Crippen LogP contribution in [0.25, 0.3) is 0 Å². The lowest BCUT2D eigenvalue weighted by molar-refractivity contribution is -0.127. The molecule has 0 unspecified atom stereocenters. The second-order valence-corrected chi connectivity index (χ2v) is 8.49. The number of methoxy groups -OCH3 is 1. The third kappa shape index (κ3) is 5.69. The average Bonchev–Trinajstić information content (AvgIpc) is 2.71. The van der Waals surface area contributed by atoms with Crippen LogP contribution in [0, 0.1) is 11.7 Å². The van der Waals surface area contributed by atoms with Gasteiger partial charge in [-0.05, 0) is 42.2 Å². The van der Waals surface area contributed by atoms with E-state index in [2.05, 4.69) is 13.8 Å². The highest BCUT2D eigenvalue weighted by Crippen LogP contribution is 2.36. The normalized spacial score (nSPS) is 14.3. The van der Waals surface area contributed by atoms with Gasteiger partial charge in [0.15, 0.2) is 11.6 Å². The highest BCUT2D eigenvalue weighted by atomic mass is 19.1. The van der Waals surface area contributed by atoms with Crippen molar-refractivity contribution in [3.8, 4) is 17.2 Å². The van der Waals surface area contributed by atoms with Crippen LogP contribution in [-0.2, 0) is 16.0 Å². The minimum atomic E-state index is -1.10. The number of nitrogens with zero attached hydrogens (tertiary/aromatic N) is 1. The van der Waals surface area contributed by atoms with Crippen molar-refractivity contribution in [1.82, 2.24) is 4.90 Å². The van der Waals surface area contributed by atoms with Crippen molar-refractivity contribution in [1.29, 1.82) is 0 Å². The molecule has 0 fully saturated rings. The van der Waals surface area contributed by atoms with Gasteiger partial charge in [-0.15, -0.1) is 0 Å². The molecule has 32 heavy (non-hydrogen) atoms. The van der Waals surface area contributed by atoms with Gasteiger partial charge in [0.05, 0.1) is 7.11 Å². The van der Waals surface area contributed by atoms with E-state index in [0.29, 0.717) is 29.5 Å². The number of hydrogen-bond acceptors (Lipinski definition) is 6. The number of carbonyl (C=O) groups excluding carboxylic acids is 2. The third-order valence-corrected chi connectivity index (χ3v) is 4.87. The summed E-state index contributed by atoms with van der Waals surface area (Å²) in [5, 5.41) is 0. The van der Waals surface area contributed by atoms with Gasteiger partial charge in [0.2, 0.25) is 5.79 Å². The SMILES string of the molecule is COC(=O)N(CCC(C)C)Cc1ccc(Oc2ccc3c(c2)OC(C)(C)OC3=O)c(F)c1. The fourth-order valence-electron chi connectivity index (χ4n) is 3.23. The van der Waals surface area contributed by atoms with E-state index in [4.69, 9.17) is 18.9 Å². The summed E-state index contributed by atoms with van der Waals surface area (Å²) in [5.41, 5.74) is 0.888. The van der Waals surface area contributed by atoms with Gasteiger partial charge < -0.3 is 23.8 Å². The lowest BCUT2D eigenvalue weighted by atomic mass is 10.1. The number of benzene rings is 2. The third-order valence-electron chi connectivity index (χ3n) is 4.87. The monoisotopic (exact) mass is 445 g/mol. The molecule has 8 heteroatoms. The predicted molar refractivity (Wildman–Crippen MR) is 115 cm³/mol. The van der Waals surface area contributed by atoms with E-state index in [0.717, 1.165) is 6.42 Å². The molecule has 0 spiro atoms. The first-order valence-electron chi connectivity index (χ1n) is 10.4. The van der Waals surface area contributed by atoms with E-state index < -0.39 is 23.7 Å². The van der Waals surface area contributed by atoms with E-state index in [9.17, 15) is 14.0 Å². The van der Waals surface area contributed by atoms with Crippen LogP contribution in [0.1, 0.15) is 50.0 Å². The highest BCUT2D eigenvalue weighted by Gasteiger charge is 2.34. The van der Waals surface area contributed by atoms with Crippen molar-refractivity contribution in [2.24, 2.45) is 5.92 Å². The quantitative estimate of drug-likeness (QED) is 0.523. The summed E-state index contributed by atoms with van der Waals surface area (Å²) in [4.78, 5) is 25.7. The predicted octanol–water partition coefficient (Wildman–Crippen LogP) is 5.52. The standard InChI is InChI=1S/C24H28FNO6/c1-15(2)10-11-26(23(28)29-5)14-16-6-9-20(19(25)12-16)30-17-7-8-18-21(13-17)31-24(3,4)32-22(18)27/h6-9,12-13,15H,10-11,14H2,1-5H3. The minimum Gasteiger partial charge on any atom is -0.454 e. The van der Waals surface area contributed by atoms with Gasteiger partial charge in [0.1, 0.15) is 17.1 Å². The first kappa shape index (κ1) is 23.4. The molecule has 2 aromatic rings. The maximum absolute atomic E-state index is 14.7. The summed E-state index contributed by atoms with van der Waals surface area (Å²) in [6.07, 6.45) is 0.352. The van der Waals surface area contributed by atoms with Gasteiger partial charge >= 0.3 is 12.1 Å². The Hall–Kier alpha value is -3.29. The Bertz CT molecular complexity index is 1000. The molecular weight excluding hydrogens is 417 g/mol. The maximum atomic E-state index is 14.7. The fourth-order valence-corrected chi connectivity index (χ4v) is 3.23. The van der Waals surface area contributed by atoms with Crippen LogP contribution in [0.15, 0.2) is 36.4 Å². The summed E-state index contributed by atoms with van der Waals surface area (Å²) < 4.78 is 36.1. The average molecular weight is 445 g/mol. The lowest BCUT2D eigenvalue weighted by Gasteiger charge is -2.31. The Balaban J connectivity index is 1.74. The molecular formula is C24H28FNO6. The van der Waals surface area contributed by atoms with Crippen LogP contribution >= 0.6 is 0 Å². The van der Waals surface area contributed by atoms with Crippen molar-refractivity contribution in [2.75, 3.05) is 13.7 Å². The summed E-state index contributed by atoms with van der Waals surface area (Å²) >= 11 is 0. The molecule has 7 nitrogen and oxygen atoms in total. The van der Waals surface area contributed by atoms with Crippen LogP contribution in [0.2, 0.25) is 0 Å². The molecule has 1 amide bonds. The molecule has 0 aliphatic carbocycles. The van der Waals surface area contributed by atoms with Crippen molar-refractivity contribution in [3.63, 3.8) is 0 Å². The number of ether oxygens (including phenoxy) is 4. The lowest BCUT2D eigenvalue weighted by Crippen LogP contribution is -2.38. The van der Waals surface area contributed by atoms with Gasteiger partial charge in [-0.25, -0.2) is 14.0 Å². The molecule has 172 valence electrons. The Labute approximate surface area is 187 Å². The summed E-state index contributed by atoms with van der Waals surface area (Å²) in [7, 11) is 1.32. The Morgan fingerprint density at radius 3 is 2.56 bits per heavy atom. The van der Waals surface area contributed by atoms with E-state index in [1.807, 2.05) is 0 Å². The van der Waals surface area contributed by atoms with Crippen LogP contribution in [0.3, 0.4) is 0 Å². The van der Waals surface area contributed by atoms with Crippen LogP contribution in [-0.4, -0.2) is 36.4 Å². The number of rotatable bonds is 7. The molecule has 0 N–H and O–H groups in total. The zero-order chi connectivity index (χ0) is 23.5. The molecule has 1 heterocycles. The molecule has 0 radical (unpaired) electrons. The van der Waals surface area contributed by atoms with Gasteiger partial charge in [-0.2, -0.15) is 0 Å². The van der Waals surface area contributed by atoms with Crippen molar-refractivity contribution in [2.45, 2.75) is 46.4 Å². The summed E-state index contributed by atoms with van der Waals surface area (Å²) in [5.74, 6) is -1.12. The van der Waals surface area contributed by atoms with Crippen molar-refractivity contribution < 1.29 is 32.9 Å². The number of esters is 1. The first-order valence-corrected chi connectivity index (χ1v) is 10.4. The zero-order valence-corrected chi connectivity index (χ0v) is 18.9. The number of fused-ring (bicyclic) bond motifs is 1. The van der Waals surface area contributed by atoms with Crippen molar-refractivity contribution in [3.05, 3.63) is 53.3 Å². The largest absolute Gasteiger partial charge is 0.454 e. The van der Waals surface area contributed by atoms with Gasteiger partial charge in [-0.1, -0.05) is 19.9 Å². The first-order chi connectivity index (χ1) is 15.1. The van der Waals surface area contributed by atoms with Crippen LogP contribution in [0.5, 0.6) is 17.2 Å². The summed E-state index contributed by atoms with van der Waals surface area (Å²) in [6, 6.07) is 9.10. The smallest absolute Gasteiger partial charge is 0.409 e.